The highest BCUT2D eigenvalue weighted by molar-refractivity contribution is 6.51. The first-order chi connectivity index (χ1) is 16.5. The van der Waals surface area contributed by atoms with Crippen LogP contribution in [0.1, 0.15) is 37.4 Å². The first kappa shape index (κ1) is 23.1. The van der Waals surface area contributed by atoms with Gasteiger partial charge in [-0.05, 0) is 55.3 Å². The highest BCUT2D eigenvalue weighted by atomic mass is 16.5. The zero-order chi connectivity index (χ0) is 24.1. The maximum Gasteiger partial charge on any atom is 0.300 e. The van der Waals surface area contributed by atoms with Gasteiger partial charge in [0.1, 0.15) is 17.3 Å². The van der Waals surface area contributed by atoms with E-state index in [4.69, 9.17) is 9.47 Å². The molecule has 4 rings (SSSR count). The normalized spacial score (nSPS) is 17.1. The molecule has 1 amide bonds. The topological polar surface area (TPSA) is 76.1 Å². The van der Waals surface area contributed by atoms with Gasteiger partial charge in [0, 0.05) is 17.3 Å². The summed E-state index contributed by atoms with van der Waals surface area (Å²) in [5.41, 5.74) is 1.71. The van der Waals surface area contributed by atoms with Crippen molar-refractivity contribution < 1.29 is 24.2 Å². The number of anilines is 1. The summed E-state index contributed by atoms with van der Waals surface area (Å²) in [5, 5.41) is 11.2. The number of amides is 1. The molecule has 1 fully saturated rings. The van der Waals surface area contributed by atoms with Crippen LogP contribution in [0.4, 0.5) is 5.69 Å². The van der Waals surface area contributed by atoms with Gasteiger partial charge < -0.3 is 14.6 Å². The standard InChI is InChI=1S/C28H27NO5/c1-3-17-34-23-12-8-11-21(18-23)29-25(19-9-6-5-7-10-19)24(27(31)28(29)32)26(30)20-13-15-22(16-14-20)33-4-2/h5-16,18,25,30H,3-4,17H2,1-2H3/b26-24+. The van der Waals surface area contributed by atoms with E-state index in [2.05, 4.69) is 0 Å². The summed E-state index contributed by atoms with van der Waals surface area (Å²) in [6.07, 6.45) is 0.848. The lowest BCUT2D eigenvalue weighted by atomic mass is 9.95. The molecule has 6 heteroatoms. The Morgan fingerprint density at radius 3 is 2.29 bits per heavy atom. The summed E-state index contributed by atoms with van der Waals surface area (Å²) in [4.78, 5) is 27.9. The Bertz CT molecular complexity index is 1200. The van der Waals surface area contributed by atoms with Gasteiger partial charge in [0.25, 0.3) is 11.7 Å². The molecule has 1 aliphatic heterocycles. The Morgan fingerprint density at radius 2 is 1.62 bits per heavy atom. The summed E-state index contributed by atoms with van der Waals surface area (Å²) in [7, 11) is 0. The lowest BCUT2D eigenvalue weighted by Crippen LogP contribution is -2.29. The number of Topliss-reactive ketones (excluding diaryl/α,β-unsaturated/α-hetero) is 1. The molecule has 1 aliphatic rings. The fraction of sp³-hybridized carbons (Fsp3) is 0.214. The van der Waals surface area contributed by atoms with E-state index in [0.717, 1.165) is 6.42 Å². The van der Waals surface area contributed by atoms with Crippen molar-refractivity contribution in [3.63, 3.8) is 0 Å². The molecule has 6 nitrogen and oxygen atoms in total. The van der Waals surface area contributed by atoms with Crippen molar-refractivity contribution in [3.8, 4) is 11.5 Å². The van der Waals surface area contributed by atoms with Gasteiger partial charge in [0.15, 0.2) is 0 Å². The van der Waals surface area contributed by atoms with Crippen LogP contribution >= 0.6 is 0 Å². The molecule has 0 aromatic heterocycles. The summed E-state index contributed by atoms with van der Waals surface area (Å²) in [6, 6.07) is 22.3. The van der Waals surface area contributed by atoms with Crippen molar-refractivity contribution in [3.05, 3.63) is 95.6 Å². The van der Waals surface area contributed by atoms with Gasteiger partial charge in [-0.15, -0.1) is 0 Å². The van der Waals surface area contributed by atoms with Gasteiger partial charge in [-0.3, -0.25) is 14.5 Å². The first-order valence-corrected chi connectivity index (χ1v) is 11.4. The minimum absolute atomic E-state index is 0.0419. The summed E-state index contributed by atoms with van der Waals surface area (Å²) in [6.45, 7) is 4.96. The summed E-state index contributed by atoms with van der Waals surface area (Å²) >= 11 is 0. The zero-order valence-electron chi connectivity index (χ0n) is 19.2. The molecule has 0 bridgehead atoms. The van der Waals surface area contributed by atoms with Crippen LogP contribution in [-0.4, -0.2) is 30.0 Å². The molecule has 1 saturated heterocycles. The second-order valence-electron chi connectivity index (χ2n) is 7.88. The second kappa shape index (κ2) is 10.3. The predicted molar refractivity (Wildman–Crippen MR) is 131 cm³/mol. The van der Waals surface area contributed by atoms with Gasteiger partial charge in [-0.2, -0.15) is 0 Å². The van der Waals surface area contributed by atoms with E-state index in [1.807, 2.05) is 50.2 Å². The van der Waals surface area contributed by atoms with Gasteiger partial charge in [-0.1, -0.05) is 43.3 Å². The fourth-order valence-electron chi connectivity index (χ4n) is 4.02. The van der Waals surface area contributed by atoms with Crippen LogP contribution in [-0.2, 0) is 9.59 Å². The Balaban J connectivity index is 1.83. The SMILES string of the molecule is CCCOc1cccc(N2C(=O)C(=O)/C(=C(/O)c3ccc(OCC)cc3)C2c2ccccc2)c1. The van der Waals surface area contributed by atoms with Crippen LogP contribution in [0.25, 0.3) is 5.76 Å². The van der Waals surface area contributed by atoms with Crippen LogP contribution in [0.5, 0.6) is 11.5 Å². The number of hydrogen-bond acceptors (Lipinski definition) is 5. The van der Waals surface area contributed by atoms with E-state index in [-0.39, 0.29) is 11.3 Å². The number of aliphatic hydroxyl groups is 1. The molecule has 1 heterocycles. The van der Waals surface area contributed by atoms with Crippen LogP contribution in [0.15, 0.2) is 84.4 Å². The van der Waals surface area contributed by atoms with E-state index in [0.29, 0.717) is 41.5 Å². The molecule has 174 valence electrons. The largest absolute Gasteiger partial charge is 0.507 e. The van der Waals surface area contributed by atoms with Crippen molar-refractivity contribution in [2.24, 2.45) is 0 Å². The highest BCUT2D eigenvalue weighted by Gasteiger charge is 2.47. The molecule has 1 N–H and O–H groups in total. The van der Waals surface area contributed by atoms with Gasteiger partial charge >= 0.3 is 0 Å². The molecule has 1 atom stereocenters. The number of nitrogens with zero attached hydrogens (tertiary/aromatic N) is 1. The highest BCUT2D eigenvalue weighted by Crippen LogP contribution is 2.42. The van der Waals surface area contributed by atoms with E-state index in [1.54, 1.807) is 42.5 Å². The Labute approximate surface area is 199 Å². The number of hydrogen-bond donors (Lipinski definition) is 1. The van der Waals surface area contributed by atoms with E-state index >= 15 is 0 Å². The Morgan fingerprint density at radius 1 is 0.882 bits per heavy atom. The van der Waals surface area contributed by atoms with E-state index in [9.17, 15) is 14.7 Å². The van der Waals surface area contributed by atoms with Gasteiger partial charge in [0.05, 0.1) is 24.8 Å². The smallest absolute Gasteiger partial charge is 0.300 e. The minimum Gasteiger partial charge on any atom is -0.507 e. The zero-order valence-corrected chi connectivity index (χ0v) is 19.2. The number of aliphatic hydroxyl groups excluding tert-OH is 1. The number of carbonyl (C=O) groups is 2. The van der Waals surface area contributed by atoms with Crippen molar-refractivity contribution in [2.75, 3.05) is 18.1 Å². The maximum absolute atomic E-state index is 13.3. The lowest BCUT2D eigenvalue weighted by molar-refractivity contribution is -0.132. The molecule has 1 unspecified atom stereocenters. The molecular weight excluding hydrogens is 430 g/mol. The monoisotopic (exact) mass is 457 g/mol. The predicted octanol–water partition coefficient (Wildman–Crippen LogP) is 5.50. The van der Waals surface area contributed by atoms with Crippen LogP contribution in [0.2, 0.25) is 0 Å². The van der Waals surface area contributed by atoms with Gasteiger partial charge in [0.2, 0.25) is 0 Å². The quantitative estimate of drug-likeness (QED) is 0.275. The maximum atomic E-state index is 13.3. The fourth-order valence-corrected chi connectivity index (χ4v) is 4.02. The Kier molecular flexibility index (Phi) is 6.97. The van der Waals surface area contributed by atoms with Crippen molar-refractivity contribution in [1.82, 2.24) is 0 Å². The number of ketones is 1. The molecule has 0 aliphatic carbocycles. The van der Waals surface area contributed by atoms with Crippen LogP contribution in [0.3, 0.4) is 0 Å². The summed E-state index contributed by atoms with van der Waals surface area (Å²) < 4.78 is 11.2. The van der Waals surface area contributed by atoms with Crippen molar-refractivity contribution >= 4 is 23.1 Å². The van der Waals surface area contributed by atoms with Gasteiger partial charge in [-0.25, -0.2) is 0 Å². The first-order valence-electron chi connectivity index (χ1n) is 11.4. The minimum atomic E-state index is -0.783. The van der Waals surface area contributed by atoms with E-state index < -0.39 is 17.7 Å². The molecule has 0 spiro atoms. The second-order valence-corrected chi connectivity index (χ2v) is 7.88. The average Bonchev–Trinajstić information content (AvgIpc) is 3.14. The molecule has 34 heavy (non-hydrogen) atoms. The number of benzene rings is 3. The molecular formula is C28H27NO5. The molecule has 0 radical (unpaired) electrons. The molecule has 3 aromatic rings. The Hall–Kier alpha value is -4.06. The lowest BCUT2D eigenvalue weighted by Gasteiger charge is -2.25. The van der Waals surface area contributed by atoms with Crippen LogP contribution < -0.4 is 14.4 Å². The number of rotatable bonds is 8. The molecule has 3 aromatic carbocycles. The third kappa shape index (κ3) is 4.53. The van der Waals surface area contributed by atoms with Crippen molar-refractivity contribution in [1.29, 1.82) is 0 Å². The number of carbonyl (C=O) groups excluding carboxylic acids is 2. The third-order valence-corrected chi connectivity index (χ3v) is 5.57. The molecule has 0 saturated carbocycles. The van der Waals surface area contributed by atoms with Crippen LogP contribution in [0, 0.1) is 0 Å². The number of ether oxygens (including phenoxy) is 2. The summed E-state index contributed by atoms with van der Waals surface area (Å²) in [5.74, 6) is -0.396. The van der Waals surface area contributed by atoms with Crippen molar-refractivity contribution in [2.45, 2.75) is 26.3 Å². The average molecular weight is 458 g/mol. The third-order valence-electron chi connectivity index (χ3n) is 5.57. The van der Waals surface area contributed by atoms with E-state index in [1.165, 1.54) is 4.90 Å².